The quantitative estimate of drug-likeness (QED) is 0.866. The number of aliphatic carboxylic acids is 1. The molecule has 5 heteroatoms. The first-order valence-corrected chi connectivity index (χ1v) is 8.95. The number of anilines is 1. The van der Waals surface area contributed by atoms with Gasteiger partial charge >= 0.3 is 5.97 Å². The van der Waals surface area contributed by atoms with Gasteiger partial charge in [-0.05, 0) is 37.5 Å². The first kappa shape index (κ1) is 14.8. The number of thiazole rings is 1. The van der Waals surface area contributed by atoms with Crippen molar-refractivity contribution in [2.75, 3.05) is 11.9 Å². The molecule has 1 unspecified atom stereocenters. The molecule has 1 atom stereocenters. The summed E-state index contributed by atoms with van der Waals surface area (Å²) in [5.41, 5.74) is 0.810. The van der Waals surface area contributed by atoms with Crippen molar-refractivity contribution in [2.24, 2.45) is 11.8 Å². The van der Waals surface area contributed by atoms with Gasteiger partial charge in [0.05, 0.1) is 5.69 Å². The monoisotopic (exact) mass is 308 g/mol. The Labute approximate surface area is 130 Å². The minimum Gasteiger partial charge on any atom is -0.481 e. The van der Waals surface area contributed by atoms with Crippen LogP contribution in [0.3, 0.4) is 0 Å². The fraction of sp³-hybridized carbons (Fsp3) is 0.750. The van der Waals surface area contributed by atoms with E-state index in [4.69, 9.17) is 0 Å². The number of carboxylic acids is 1. The third-order valence-electron chi connectivity index (χ3n) is 5.10. The van der Waals surface area contributed by atoms with Gasteiger partial charge in [0.25, 0.3) is 0 Å². The van der Waals surface area contributed by atoms with E-state index < -0.39 is 5.97 Å². The van der Waals surface area contributed by atoms with E-state index in [1.54, 1.807) is 11.3 Å². The summed E-state index contributed by atoms with van der Waals surface area (Å²) >= 11 is 1.65. The first-order chi connectivity index (χ1) is 10.2. The second-order valence-electron chi connectivity index (χ2n) is 6.43. The molecule has 0 aromatic carbocycles. The molecule has 0 aliphatic heterocycles. The molecule has 1 aromatic rings. The van der Waals surface area contributed by atoms with Crippen molar-refractivity contribution in [1.29, 1.82) is 0 Å². The molecular formula is C16H24N2O2S. The molecule has 2 aliphatic carbocycles. The molecule has 1 saturated carbocycles. The summed E-state index contributed by atoms with van der Waals surface area (Å²) in [6.07, 6.45) is 8.24. The van der Waals surface area contributed by atoms with Crippen molar-refractivity contribution in [1.82, 2.24) is 4.98 Å². The number of nitrogens with one attached hydrogen (secondary N) is 1. The van der Waals surface area contributed by atoms with Crippen molar-refractivity contribution in [3.05, 3.63) is 10.6 Å². The summed E-state index contributed by atoms with van der Waals surface area (Å²) in [6, 6.07) is 0. The zero-order valence-electron chi connectivity index (χ0n) is 12.6. The summed E-state index contributed by atoms with van der Waals surface area (Å²) in [6.45, 7) is 3.28. The van der Waals surface area contributed by atoms with Crippen molar-refractivity contribution < 1.29 is 9.90 Å². The van der Waals surface area contributed by atoms with E-state index in [0.717, 1.165) is 35.6 Å². The number of hydrogen-bond acceptors (Lipinski definition) is 4. The SMILES string of the molecule is CCC1CCC(CNc2nc3c(s2)CCC3C(=O)O)CC1. The molecule has 0 spiro atoms. The summed E-state index contributed by atoms with van der Waals surface area (Å²) in [5, 5.41) is 13.6. The van der Waals surface area contributed by atoms with Gasteiger partial charge in [0.2, 0.25) is 0 Å². The lowest BCUT2D eigenvalue weighted by molar-refractivity contribution is -0.138. The Morgan fingerprint density at radius 1 is 1.29 bits per heavy atom. The molecule has 3 rings (SSSR count). The van der Waals surface area contributed by atoms with E-state index >= 15 is 0 Å². The lowest BCUT2D eigenvalue weighted by Gasteiger charge is -2.27. The van der Waals surface area contributed by atoms with Crippen LogP contribution < -0.4 is 5.32 Å². The molecule has 0 bridgehead atoms. The van der Waals surface area contributed by atoms with E-state index in [1.165, 1.54) is 37.0 Å². The second kappa shape index (κ2) is 6.34. The average molecular weight is 308 g/mol. The molecule has 116 valence electrons. The Hall–Kier alpha value is -1.10. The lowest BCUT2D eigenvalue weighted by Crippen LogP contribution is -2.21. The molecule has 0 saturated heterocycles. The minimum atomic E-state index is -0.733. The van der Waals surface area contributed by atoms with Crippen molar-refractivity contribution in [3.8, 4) is 0 Å². The highest BCUT2D eigenvalue weighted by Crippen LogP contribution is 2.38. The van der Waals surface area contributed by atoms with Crippen LogP contribution in [-0.4, -0.2) is 22.6 Å². The Morgan fingerprint density at radius 2 is 2.00 bits per heavy atom. The molecule has 21 heavy (non-hydrogen) atoms. The number of fused-ring (bicyclic) bond motifs is 1. The van der Waals surface area contributed by atoms with Crippen molar-refractivity contribution in [2.45, 2.75) is 57.8 Å². The van der Waals surface area contributed by atoms with Crippen LogP contribution in [0.15, 0.2) is 0 Å². The van der Waals surface area contributed by atoms with Crippen LogP contribution in [0.1, 0.15) is 61.9 Å². The van der Waals surface area contributed by atoms with Gasteiger partial charge in [0.1, 0.15) is 5.92 Å². The smallest absolute Gasteiger partial charge is 0.312 e. The van der Waals surface area contributed by atoms with Gasteiger partial charge in [-0.25, -0.2) is 4.98 Å². The molecule has 4 nitrogen and oxygen atoms in total. The van der Waals surface area contributed by atoms with Crippen LogP contribution in [0.2, 0.25) is 0 Å². The molecule has 1 fully saturated rings. The fourth-order valence-corrected chi connectivity index (χ4v) is 4.66. The Balaban J connectivity index is 1.53. The third-order valence-corrected chi connectivity index (χ3v) is 6.19. The molecule has 2 N–H and O–H groups in total. The van der Waals surface area contributed by atoms with Crippen LogP contribution in [0.25, 0.3) is 0 Å². The molecule has 2 aliphatic rings. The summed E-state index contributed by atoms with van der Waals surface area (Å²) in [5.74, 6) is 0.568. The molecule has 1 aromatic heterocycles. The molecule has 0 radical (unpaired) electrons. The number of aryl methyl sites for hydroxylation is 1. The van der Waals surface area contributed by atoms with Gasteiger partial charge in [0.15, 0.2) is 5.13 Å². The first-order valence-electron chi connectivity index (χ1n) is 8.13. The van der Waals surface area contributed by atoms with Crippen molar-refractivity contribution >= 4 is 22.4 Å². The van der Waals surface area contributed by atoms with Crippen LogP contribution in [0.5, 0.6) is 0 Å². The Morgan fingerprint density at radius 3 is 2.67 bits per heavy atom. The van der Waals surface area contributed by atoms with Gasteiger partial charge in [-0.15, -0.1) is 11.3 Å². The number of aromatic nitrogens is 1. The van der Waals surface area contributed by atoms with Gasteiger partial charge in [-0.2, -0.15) is 0 Å². The third kappa shape index (κ3) is 3.23. The highest BCUT2D eigenvalue weighted by Gasteiger charge is 2.32. The van der Waals surface area contributed by atoms with Crippen molar-refractivity contribution in [3.63, 3.8) is 0 Å². The lowest BCUT2D eigenvalue weighted by atomic mass is 9.81. The van der Waals surface area contributed by atoms with E-state index in [1.807, 2.05) is 0 Å². The zero-order valence-corrected chi connectivity index (χ0v) is 13.4. The van der Waals surface area contributed by atoms with E-state index in [-0.39, 0.29) is 5.92 Å². The largest absolute Gasteiger partial charge is 0.481 e. The fourth-order valence-electron chi connectivity index (χ4n) is 3.62. The summed E-state index contributed by atoms with van der Waals surface area (Å²) in [4.78, 5) is 16.9. The van der Waals surface area contributed by atoms with Crippen LogP contribution in [-0.2, 0) is 11.2 Å². The molecular weight excluding hydrogens is 284 g/mol. The van der Waals surface area contributed by atoms with Gasteiger partial charge in [-0.1, -0.05) is 26.2 Å². The van der Waals surface area contributed by atoms with Crippen LogP contribution in [0, 0.1) is 11.8 Å². The zero-order chi connectivity index (χ0) is 14.8. The number of carboxylic acid groups (broad SMARTS) is 1. The number of nitrogens with zero attached hydrogens (tertiary/aromatic N) is 1. The highest BCUT2D eigenvalue weighted by molar-refractivity contribution is 7.15. The standard InChI is InChI=1S/C16H24N2O2S/c1-2-10-3-5-11(6-4-10)9-17-16-18-14-12(15(19)20)7-8-13(14)21-16/h10-12H,2-9H2,1H3,(H,17,18)(H,19,20). The second-order valence-corrected chi connectivity index (χ2v) is 7.52. The Bertz CT molecular complexity index is 506. The van der Waals surface area contributed by atoms with E-state index in [0.29, 0.717) is 6.42 Å². The minimum absolute atomic E-state index is 0.383. The maximum Gasteiger partial charge on any atom is 0.312 e. The number of hydrogen-bond donors (Lipinski definition) is 2. The predicted octanol–water partition coefficient (Wildman–Crippen LogP) is 3.89. The highest BCUT2D eigenvalue weighted by atomic mass is 32.1. The normalized spacial score (nSPS) is 28.3. The van der Waals surface area contributed by atoms with E-state index in [2.05, 4.69) is 17.2 Å². The maximum atomic E-state index is 11.2. The van der Waals surface area contributed by atoms with Gasteiger partial charge in [0, 0.05) is 11.4 Å². The molecule has 1 heterocycles. The van der Waals surface area contributed by atoms with E-state index in [9.17, 15) is 9.90 Å². The van der Waals surface area contributed by atoms with Crippen LogP contribution >= 0.6 is 11.3 Å². The van der Waals surface area contributed by atoms with Crippen LogP contribution in [0.4, 0.5) is 5.13 Å². The number of carbonyl (C=O) groups is 1. The average Bonchev–Trinajstić information content (AvgIpc) is 3.05. The molecule has 0 amide bonds. The van der Waals surface area contributed by atoms with Gasteiger partial charge in [-0.3, -0.25) is 4.79 Å². The number of rotatable bonds is 5. The summed E-state index contributed by atoms with van der Waals surface area (Å²) < 4.78 is 0. The Kier molecular flexibility index (Phi) is 4.48. The summed E-state index contributed by atoms with van der Waals surface area (Å²) in [7, 11) is 0. The van der Waals surface area contributed by atoms with Gasteiger partial charge < -0.3 is 10.4 Å². The predicted molar refractivity (Wildman–Crippen MR) is 85.0 cm³/mol. The topological polar surface area (TPSA) is 62.2 Å². The maximum absolute atomic E-state index is 11.2.